The molecule has 24 heavy (non-hydrogen) atoms. The van der Waals surface area contributed by atoms with Crippen molar-refractivity contribution in [3.05, 3.63) is 0 Å². The van der Waals surface area contributed by atoms with E-state index in [2.05, 4.69) is 0 Å². The molecule has 0 amide bonds. The second-order valence-electron chi connectivity index (χ2n) is 5.42. The number of nitrogens with zero attached hydrogens (tertiary/aromatic N) is 1. The molecule has 0 aromatic rings. The average molecular weight is 420 g/mol. The summed E-state index contributed by atoms with van der Waals surface area (Å²) < 4.78 is 0. The Kier molecular flexibility index (Phi) is 8.95. The smallest absolute Gasteiger partial charge is 0.330 e. The molecule has 0 saturated carbocycles. The molecular formula is C13H23Cl2N3O4S2. The lowest BCUT2D eigenvalue weighted by molar-refractivity contribution is -0.324. The van der Waals surface area contributed by atoms with Crippen LogP contribution in [0.3, 0.4) is 0 Å². The lowest BCUT2D eigenvalue weighted by Gasteiger charge is -2.29. The number of halogens is 2. The molecule has 0 aromatic heterocycles. The Balaban J connectivity index is 2.86. The van der Waals surface area contributed by atoms with Gasteiger partial charge in [-0.25, -0.2) is 9.59 Å². The molecule has 1 saturated heterocycles. The number of carbonyl (C=O) groups excluding carboxylic acids is 2. The van der Waals surface area contributed by atoms with E-state index in [1.807, 2.05) is 12.5 Å². The first-order valence-electron chi connectivity index (χ1n) is 7.27. The van der Waals surface area contributed by atoms with Crippen LogP contribution in [0.2, 0.25) is 0 Å². The minimum Gasteiger partial charge on any atom is -0.330 e. The molecule has 0 radical (unpaired) electrons. The Hall–Kier alpha value is 0.1000. The number of thioether (sulfide) groups is 2. The maximum absolute atomic E-state index is 12.2. The van der Waals surface area contributed by atoms with Crippen molar-refractivity contribution in [3.63, 3.8) is 0 Å². The van der Waals surface area contributed by atoms with E-state index in [0.717, 1.165) is 5.23 Å². The minimum absolute atomic E-state index is 0.205. The molecule has 1 heterocycles. The quantitative estimate of drug-likeness (QED) is 0.400. The van der Waals surface area contributed by atoms with Gasteiger partial charge in [0.1, 0.15) is 11.6 Å². The summed E-state index contributed by atoms with van der Waals surface area (Å²) in [5, 5.41) is 0.802. The molecule has 140 valence electrons. The van der Waals surface area contributed by atoms with Gasteiger partial charge >= 0.3 is 11.9 Å². The van der Waals surface area contributed by atoms with Crippen molar-refractivity contribution in [1.29, 1.82) is 0 Å². The lowest BCUT2D eigenvalue weighted by atomic mass is 9.88. The predicted octanol–water partition coefficient (Wildman–Crippen LogP) is 1.31. The van der Waals surface area contributed by atoms with Crippen LogP contribution in [0, 0.1) is 0 Å². The first-order chi connectivity index (χ1) is 11.2. The molecule has 4 N–H and O–H groups in total. The SMILES string of the molecule is CSCCC(N)(Cl)C(=O)ON1OC(=O)C(N)(CCSC)C1CCCl. The minimum atomic E-state index is -1.71. The Bertz CT molecular complexity index is 459. The van der Waals surface area contributed by atoms with Gasteiger partial charge < -0.3 is 21.1 Å². The third-order valence-electron chi connectivity index (χ3n) is 3.69. The first-order valence-corrected chi connectivity index (χ1v) is 11.0. The molecule has 0 bridgehead atoms. The van der Waals surface area contributed by atoms with Crippen LogP contribution in [-0.4, -0.2) is 63.6 Å². The van der Waals surface area contributed by atoms with E-state index >= 15 is 0 Å². The summed E-state index contributed by atoms with van der Waals surface area (Å²) in [5.41, 5.74) is 10.7. The molecule has 7 nitrogen and oxygen atoms in total. The molecule has 3 atom stereocenters. The van der Waals surface area contributed by atoms with E-state index in [9.17, 15) is 9.59 Å². The fourth-order valence-corrected chi connectivity index (χ4v) is 3.67. The van der Waals surface area contributed by atoms with Gasteiger partial charge in [0.2, 0.25) is 0 Å². The number of hydrogen-bond acceptors (Lipinski definition) is 9. The van der Waals surface area contributed by atoms with Crippen molar-refractivity contribution >= 4 is 58.7 Å². The monoisotopic (exact) mass is 419 g/mol. The van der Waals surface area contributed by atoms with Crippen molar-refractivity contribution in [1.82, 2.24) is 5.23 Å². The molecule has 0 aliphatic carbocycles. The zero-order valence-corrected chi connectivity index (χ0v) is 16.8. The lowest BCUT2D eigenvalue weighted by Crippen LogP contribution is -2.56. The van der Waals surface area contributed by atoms with Crippen LogP contribution in [0.1, 0.15) is 19.3 Å². The fraction of sp³-hybridized carbons (Fsp3) is 0.846. The highest BCUT2D eigenvalue weighted by atomic mass is 35.5. The van der Waals surface area contributed by atoms with E-state index in [-0.39, 0.29) is 12.3 Å². The average Bonchev–Trinajstić information content (AvgIpc) is 2.76. The topological polar surface area (TPSA) is 108 Å². The molecular weight excluding hydrogens is 397 g/mol. The van der Waals surface area contributed by atoms with Gasteiger partial charge in [-0.1, -0.05) is 11.6 Å². The van der Waals surface area contributed by atoms with Crippen molar-refractivity contribution < 1.29 is 19.3 Å². The van der Waals surface area contributed by atoms with Crippen LogP contribution in [0.5, 0.6) is 0 Å². The van der Waals surface area contributed by atoms with Gasteiger partial charge in [0.15, 0.2) is 5.00 Å². The molecule has 11 heteroatoms. The molecule has 3 unspecified atom stereocenters. The summed E-state index contributed by atoms with van der Waals surface area (Å²) >= 11 is 14.9. The standard InChI is InChI=1S/C13H23Cl2N3O4S2/c1-23-7-4-12(16)9(3-6-14)18(21-10(12)19)22-11(20)13(15,17)5-8-24-2/h9H,3-8,16-17H2,1-2H3. The number of nitrogens with two attached hydrogens (primary N) is 2. The summed E-state index contributed by atoms with van der Waals surface area (Å²) in [4.78, 5) is 32.9. The Morgan fingerprint density at radius 2 is 2.08 bits per heavy atom. The summed E-state index contributed by atoms with van der Waals surface area (Å²) in [6.45, 7) is 0. The van der Waals surface area contributed by atoms with Crippen LogP contribution in [-0.2, 0) is 19.3 Å². The predicted molar refractivity (Wildman–Crippen MR) is 98.8 cm³/mol. The van der Waals surface area contributed by atoms with E-state index in [4.69, 9.17) is 44.3 Å². The van der Waals surface area contributed by atoms with Gasteiger partial charge in [-0.15, -0.1) is 11.6 Å². The molecule has 1 aliphatic rings. The van der Waals surface area contributed by atoms with Crippen molar-refractivity contribution in [2.24, 2.45) is 11.5 Å². The van der Waals surface area contributed by atoms with Gasteiger partial charge in [-0.3, -0.25) is 0 Å². The maximum atomic E-state index is 12.2. The molecule has 1 rings (SSSR count). The van der Waals surface area contributed by atoms with Gasteiger partial charge in [0.05, 0.1) is 0 Å². The molecule has 0 spiro atoms. The van der Waals surface area contributed by atoms with E-state index in [1.165, 1.54) is 11.8 Å². The van der Waals surface area contributed by atoms with Crippen LogP contribution in [0.4, 0.5) is 0 Å². The van der Waals surface area contributed by atoms with E-state index in [1.54, 1.807) is 11.8 Å². The first kappa shape index (κ1) is 22.1. The zero-order chi connectivity index (χ0) is 18.4. The van der Waals surface area contributed by atoms with Crippen LogP contribution >= 0.6 is 46.7 Å². The Morgan fingerprint density at radius 1 is 1.46 bits per heavy atom. The Morgan fingerprint density at radius 3 is 2.62 bits per heavy atom. The molecule has 0 aromatic carbocycles. The van der Waals surface area contributed by atoms with Gasteiger partial charge in [0, 0.05) is 11.1 Å². The second kappa shape index (κ2) is 9.70. The van der Waals surface area contributed by atoms with Gasteiger partial charge in [0.25, 0.3) is 0 Å². The van der Waals surface area contributed by atoms with Gasteiger partial charge in [-0.2, -0.15) is 23.5 Å². The van der Waals surface area contributed by atoms with E-state index in [0.29, 0.717) is 24.3 Å². The highest BCUT2D eigenvalue weighted by Crippen LogP contribution is 2.32. The third-order valence-corrected chi connectivity index (χ3v) is 5.47. The normalized spacial score (nSPS) is 26.9. The number of alkyl halides is 2. The van der Waals surface area contributed by atoms with Crippen molar-refractivity contribution in [2.45, 2.75) is 35.8 Å². The highest BCUT2D eigenvalue weighted by Gasteiger charge is 2.56. The second-order valence-corrected chi connectivity index (χ2v) is 8.45. The molecule has 1 aliphatic heterocycles. The van der Waals surface area contributed by atoms with Crippen LogP contribution in [0.15, 0.2) is 0 Å². The third kappa shape index (κ3) is 5.30. The summed E-state index contributed by atoms with van der Waals surface area (Å²) in [6.07, 6.45) is 4.64. The number of hydrogen-bond donors (Lipinski definition) is 2. The Labute approximate surface area is 160 Å². The number of hydroxylamine groups is 2. The van der Waals surface area contributed by atoms with Crippen molar-refractivity contribution in [3.8, 4) is 0 Å². The van der Waals surface area contributed by atoms with Crippen molar-refractivity contribution in [2.75, 3.05) is 29.9 Å². The highest BCUT2D eigenvalue weighted by molar-refractivity contribution is 7.98. The summed E-state index contributed by atoms with van der Waals surface area (Å²) in [5.74, 6) is -0.125. The van der Waals surface area contributed by atoms with Crippen LogP contribution < -0.4 is 11.5 Å². The largest absolute Gasteiger partial charge is 0.363 e. The molecule has 1 fully saturated rings. The summed E-state index contributed by atoms with van der Waals surface area (Å²) in [6, 6.07) is -0.702. The van der Waals surface area contributed by atoms with Gasteiger partial charge in [-0.05, 0) is 43.3 Å². The maximum Gasteiger partial charge on any atom is 0.363 e. The summed E-state index contributed by atoms with van der Waals surface area (Å²) in [7, 11) is 0. The zero-order valence-electron chi connectivity index (χ0n) is 13.6. The fourth-order valence-electron chi connectivity index (χ4n) is 2.15. The number of carbonyl (C=O) groups is 2. The van der Waals surface area contributed by atoms with E-state index < -0.39 is 28.5 Å². The number of rotatable bonds is 10. The van der Waals surface area contributed by atoms with Crippen LogP contribution in [0.25, 0.3) is 0 Å².